The van der Waals surface area contributed by atoms with Crippen molar-refractivity contribution < 1.29 is 13.9 Å². The number of fused-ring (bicyclic) bond motifs is 1. The van der Waals surface area contributed by atoms with E-state index in [0.29, 0.717) is 29.0 Å². The van der Waals surface area contributed by atoms with Crippen LogP contribution in [0.25, 0.3) is 10.1 Å². The van der Waals surface area contributed by atoms with Crippen LogP contribution >= 0.6 is 11.3 Å². The molecular weight excluding hydrogens is 375 g/mol. The molecule has 0 radical (unpaired) electrons. The predicted octanol–water partition coefficient (Wildman–Crippen LogP) is 4.15. The van der Waals surface area contributed by atoms with Crippen LogP contribution in [-0.4, -0.2) is 43.7 Å². The average molecular weight is 399 g/mol. The number of thiophene rings is 1. The first kappa shape index (κ1) is 19.1. The van der Waals surface area contributed by atoms with E-state index in [9.17, 15) is 9.18 Å². The number of carbonyl (C=O) groups is 1. The largest absolute Gasteiger partial charge is 0.379 e. The zero-order chi connectivity index (χ0) is 19.5. The molecule has 0 spiro atoms. The third-order valence-electron chi connectivity index (χ3n) is 5.16. The Morgan fingerprint density at radius 2 is 1.93 bits per heavy atom. The molecule has 2 heterocycles. The maximum absolute atomic E-state index is 14.2. The van der Waals surface area contributed by atoms with E-state index >= 15 is 0 Å². The van der Waals surface area contributed by atoms with E-state index in [1.165, 1.54) is 17.4 Å². The summed E-state index contributed by atoms with van der Waals surface area (Å²) in [6.45, 7) is 5.67. The summed E-state index contributed by atoms with van der Waals surface area (Å²) in [5.74, 6) is -0.432. The first-order valence-corrected chi connectivity index (χ1v) is 10.3. The van der Waals surface area contributed by atoms with Crippen LogP contribution in [0.1, 0.15) is 26.8 Å². The Hall–Kier alpha value is -2.28. The number of halogens is 1. The van der Waals surface area contributed by atoms with Crippen molar-refractivity contribution in [1.29, 1.82) is 0 Å². The van der Waals surface area contributed by atoms with E-state index in [4.69, 9.17) is 4.74 Å². The number of nitrogens with zero attached hydrogens (tertiary/aromatic N) is 1. The number of rotatable bonds is 5. The number of nitrogens with one attached hydrogen (secondary N) is 1. The summed E-state index contributed by atoms with van der Waals surface area (Å²) in [5.41, 5.74) is 1.76. The molecule has 3 aromatic rings. The molecule has 1 fully saturated rings. The van der Waals surface area contributed by atoms with Gasteiger partial charge in [0.15, 0.2) is 0 Å². The summed E-state index contributed by atoms with van der Waals surface area (Å²) in [5, 5.41) is 3.73. The fraction of sp³-hybridized carbons (Fsp3) is 0.318. The van der Waals surface area contributed by atoms with Crippen molar-refractivity contribution in [2.75, 3.05) is 32.8 Å². The molecule has 28 heavy (non-hydrogen) atoms. The highest BCUT2D eigenvalue weighted by Gasteiger charge is 2.23. The van der Waals surface area contributed by atoms with Crippen molar-refractivity contribution in [3.8, 4) is 0 Å². The van der Waals surface area contributed by atoms with Gasteiger partial charge in [0.2, 0.25) is 0 Å². The number of amides is 1. The molecular formula is C22H23FN2O2S. The number of aryl methyl sites for hydroxylation is 1. The predicted molar refractivity (Wildman–Crippen MR) is 110 cm³/mol. The Balaban J connectivity index is 1.60. The number of morpholine rings is 1. The van der Waals surface area contributed by atoms with Crippen LogP contribution in [0.4, 0.5) is 4.39 Å². The summed E-state index contributed by atoms with van der Waals surface area (Å²) in [7, 11) is 0. The zero-order valence-electron chi connectivity index (χ0n) is 15.8. The van der Waals surface area contributed by atoms with Gasteiger partial charge in [-0.3, -0.25) is 9.69 Å². The minimum atomic E-state index is -0.279. The van der Waals surface area contributed by atoms with Gasteiger partial charge in [0.05, 0.1) is 24.1 Å². The number of benzene rings is 2. The SMILES string of the molecule is Cc1c(C(=O)N[C@H](CN2CCOCC2)c2ccccc2)sc2cccc(F)c12. The normalized spacial score (nSPS) is 16.2. The molecule has 6 heteroatoms. The van der Waals surface area contributed by atoms with Crippen molar-refractivity contribution in [3.63, 3.8) is 0 Å². The van der Waals surface area contributed by atoms with Gasteiger partial charge < -0.3 is 10.1 Å². The summed E-state index contributed by atoms with van der Waals surface area (Å²) in [6, 6.07) is 14.8. The van der Waals surface area contributed by atoms with E-state index in [1.54, 1.807) is 6.07 Å². The minimum Gasteiger partial charge on any atom is -0.379 e. The molecule has 0 saturated carbocycles. The minimum absolute atomic E-state index is 0.138. The molecule has 1 aliphatic rings. The maximum atomic E-state index is 14.2. The Morgan fingerprint density at radius 3 is 2.64 bits per heavy atom. The fourth-order valence-corrected chi connectivity index (χ4v) is 4.78. The molecule has 0 unspecified atom stereocenters. The van der Waals surface area contributed by atoms with Gasteiger partial charge in [0.1, 0.15) is 5.82 Å². The second-order valence-corrected chi connectivity index (χ2v) is 8.07. The second-order valence-electron chi connectivity index (χ2n) is 7.02. The van der Waals surface area contributed by atoms with Crippen molar-refractivity contribution in [2.24, 2.45) is 0 Å². The van der Waals surface area contributed by atoms with Gasteiger partial charge in [-0.2, -0.15) is 0 Å². The average Bonchev–Trinajstić information content (AvgIpc) is 3.07. The fourth-order valence-electron chi connectivity index (χ4n) is 3.66. The van der Waals surface area contributed by atoms with Crippen LogP contribution in [0.5, 0.6) is 0 Å². The highest BCUT2D eigenvalue weighted by molar-refractivity contribution is 7.21. The monoisotopic (exact) mass is 398 g/mol. The summed E-state index contributed by atoms with van der Waals surface area (Å²) < 4.78 is 20.5. The molecule has 1 N–H and O–H groups in total. The summed E-state index contributed by atoms with van der Waals surface area (Å²) in [4.78, 5) is 16.0. The Bertz CT molecular complexity index is 967. The lowest BCUT2D eigenvalue weighted by molar-refractivity contribution is 0.0332. The first-order valence-electron chi connectivity index (χ1n) is 9.47. The molecule has 4 nitrogen and oxygen atoms in total. The molecule has 1 aliphatic heterocycles. The van der Waals surface area contributed by atoms with Crippen LogP contribution in [0, 0.1) is 12.7 Å². The van der Waals surface area contributed by atoms with Crippen molar-refractivity contribution in [3.05, 3.63) is 70.4 Å². The van der Waals surface area contributed by atoms with Crippen molar-refractivity contribution >= 4 is 27.3 Å². The highest BCUT2D eigenvalue weighted by Crippen LogP contribution is 2.33. The van der Waals surface area contributed by atoms with Crippen LogP contribution < -0.4 is 5.32 Å². The zero-order valence-corrected chi connectivity index (χ0v) is 16.6. The van der Waals surface area contributed by atoms with Crippen LogP contribution in [0.15, 0.2) is 48.5 Å². The Labute approximate surface area is 167 Å². The molecule has 1 saturated heterocycles. The summed E-state index contributed by atoms with van der Waals surface area (Å²) in [6.07, 6.45) is 0. The van der Waals surface area contributed by atoms with Gasteiger partial charge in [-0.25, -0.2) is 4.39 Å². The van der Waals surface area contributed by atoms with E-state index in [2.05, 4.69) is 10.2 Å². The lowest BCUT2D eigenvalue weighted by Crippen LogP contribution is -2.43. The van der Waals surface area contributed by atoms with Gasteiger partial charge in [-0.1, -0.05) is 36.4 Å². The first-order chi connectivity index (χ1) is 13.6. The van der Waals surface area contributed by atoms with Crippen LogP contribution in [0.3, 0.4) is 0 Å². The van der Waals surface area contributed by atoms with Crippen LogP contribution in [0.2, 0.25) is 0 Å². The Morgan fingerprint density at radius 1 is 1.18 bits per heavy atom. The molecule has 0 aliphatic carbocycles. The molecule has 1 aromatic heterocycles. The van der Waals surface area contributed by atoms with Crippen LogP contribution in [-0.2, 0) is 4.74 Å². The van der Waals surface area contributed by atoms with Gasteiger partial charge >= 0.3 is 0 Å². The lowest BCUT2D eigenvalue weighted by Gasteiger charge is -2.31. The van der Waals surface area contributed by atoms with E-state index < -0.39 is 0 Å². The number of hydrogen-bond acceptors (Lipinski definition) is 4. The molecule has 0 bridgehead atoms. The highest BCUT2D eigenvalue weighted by atomic mass is 32.1. The third-order valence-corrected chi connectivity index (χ3v) is 6.42. The van der Waals surface area contributed by atoms with Crippen molar-refractivity contribution in [2.45, 2.75) is 13.0 Å². The third kappa shape index (κ3) is 3.94. The molecule has 2 aromatic carbocycles. The Kier molecular flexibility index (Phi) is 5.71. The lowest BCUT2D eigenvalue weighted by atomic mass is 10.1. The van der Waals surface area contributed by atoms with Gasteiger partial charge in [-0.15, -0.1) is 11.3 Å². The molecule has 1 amide bonds. The molecule has 146 valence electrons. The number of carbonyl (C=O) groups excluding carboxylic acids is 1. The number of hydrogen-bond donors (Lipinski definition) is 1. The van der Waals surface area contributed by atoms with E-state index in [-0.39, 0.29) is 17.8 Å². The molecule has 1 atom stereocenters. The maximum Gasteiger partial charge on any atom is 0.262 e. The smallest absolute Gasteiger partial charge is 0.262 e. The quantitative estimate of drug-likeness (QED) is 0.702. The van der Waals surface area contributed by atoms with Gasteiger partial charge in [0.25, 0.3) is 5.91 Å². The summed E-state index contributed by atoms with van der Waals surface area (Å²) >= 11 is 1.34. The molecule has 4 rings (SSSR count). The van der Waals surface area contributed by atoms with Gasteiger partial charge in [-0.05, 0) is 30.2 Å². The topological polar surface area (TPSA) is 41.6 Å². The standard InChI is InChI=1S/C22H23FN2O2S/c1-15-20-17(23)8-5-9-19(20)28-21(15)22(26)24-18(16-6-3-2-4-7-16)14-25-10-12-27-13-11-25/h2-9,18H,10-14H2,1H3,(H,24,26)/t18-/m1/s1. The van der Waals surface area contributed by atoms with E-state index in [0.717, 1.165) is 29.9 Å². The van der Waals surface area contributed by atoms with Crippen molar-refractivity contribution in [1.82, 2.24) is 10.2 Å². The number of ether oxygens (including phenoxy) is 1. The van der Waals surface area contributed by atoms with Gasteiger partial charge in [0, 0.05) is 29.7 Å². The second kappa shape index (κ2) is 8.39. The van der Waals surface area contributed by atoms with E-state index in [1.807, 2.05) is 43.3 Å².